The van der Waals surface area contributed by atoms with Crippen LogP contribution in [0.1, 0.15) is 35.9 Å². The Hall–Kier alpha value is -1.30. The third-order valence-corrected chi connectivity index (χ3v) is 5.02. The zero-order chi connectivity index (χ0) is 19.6. The quantitative estimate of drug-likeness (QED) is 0.217. The molecule has 8 nitrogen and oxygen atoms in total. The molecule has 0 amide bonds. The maximum atomic E-state index is 4.67. The number of aromatic nitrogens is 5. The van der Waals surface area contributed by atoms with Gasteiger partial charge >= 0.3 is 0 Å². The third-order valence-electron chi connectivity index (χ3n) is 4.32. The summed E-state index contributed by atoms with van der Waals surface area (Å²) in [7, 11) is 1.97. The summed E-state index contributed by atoms with van der Waals surface area (Å²) in [5, 5.41) is 19.6. The van der Waals surface area contributed by atoms with Crippen molar-refractivity contribution >= 4 is 41.7 Å². The number of hydrogen-bond donors (Lipinski definition) is 2. The Bertz CT molecular complexity index is 740. The third kappa shape index (κ3) is 7.98. The molecule has 0 aliphatic rings. The van der Waals surface area contributed by atoms with E-state index in [4.69, 9.17) is 0 Å². The Morgan fingerprint density at radius 1 is 1.14 bits per heavy atom. The van der Waals surface area contributed by atoms with Crippen molar-refractivity contribution in [1.82, 2.24) is 35.2 Å². The summed E-state index contributed by atoms with van der Waals surface area (Å²) in [5.74, 6) is 3.72. The second-order valence-corrected chi connectivity index (χ2v) is 7.58. The molecular formula is C18H33IN8S. The number of nitrogens with one attached hydrogen (secondary N) is 2. The van der Waals surface area contributed by atoms with Gasteiger partial charge in [-0.3, -0.25) is 4.68 Å². The van der Waals surface area contributed by atoms with E-state index in [2.05, 4.69) is 54.8 Å². The molecule has 0 spiro atoms. The molecule has 0 unspecified atom stereocenters. The van der Waals surface area contributed by atoms with Crippen LogP contribution in [0.5, 0.6) is 0 Å². The number of thioether (sulfide) groups is 1. The maximum absolute atomic E-state index is 4.67. The predicted octanol–water partition coefficient (Wildman–Crippen LogP) is 2.43. The second kappa shape index (κ2) is 13.0. The van der Waals surface area contributed by atoms with Crippen molar-refractivity contribution in [2.75, 3.05) is 25.1 Å². The van der Waals surface area contributed by atoms with E-state index in [9.17, 15) is 0 Å². The first-order valence-corrected chi connectivity index (χ1v) is 10.8. The minimum atomic E-state index is 0. The normalized spacial score (nSPS) is 11.4. The van der Waals surface area contributed by atoms with Gasteiger partial charge in [0, 0.05) is 32.4 Å². The lowest BCUT2D eigenvalue weighted by Gasteiger charge is -2.13. The van der Waals surface area contributed by atoms with Gasteiger partial charge in [-0.1, -0.05) is 0 Å². The highest BCUT2D eigenvalue weighted by Crippen LogP contribution is 2.02. The molecule has 0 aliphatic carbocycles. The van der Waals surface area contributed by atoms with Gasteiger partial charge in [-0.05, 0) is 51.7 Å². The summed E-state index contributed by atoms with van der Waals surface area (Å²) in [6.45, 7) is 9.21. The maximum Gasteiger partial charge on any atom is 0.191 e. The zero-order valence-electron chi connectivity index (χ0n) is 17.5. The summed E-state index contributed by atoms with van der Waals surface area (Å²) in [6.07, 6.45) is 4.22. The molecule has 0 aromatic carbocycles. The Kier molecular flexibility index (Phi) is 11.5. The summed E-state index contributed by atoms with van der Waals surface area (Å²) < 4.78 is 4.03. The monoisotopic (exact) mass is 520 g/mol. The van der Waals surface area contributed by atoms with Crippen LogP contribution >= 0.6 is 35.7 Å². The van der Waals surface area contributed by atoms with Crippen LogP contribution in [0.25, 0.3) is 0 Å². The molecule has 2 heterocycles. The van der Waals surface area contributed by atoms with Crippen molar-refractivity contribution in [3.05, 3.63) is 29.1 Å². The van der Waals surface area contributed by atoms with Crippen LogP contribution in [0.15, 0.2) is 11.1 Å². The standard InChI is InChI=1S/C18H32N8S.HI/c1-14-12-15(2)26(24-14)10-6-8-19-18(20-9-7-11-27-5)21-13-17-23-22-16(3)25(17)4;/h12H,6-11,13H2,1-5H3,(H2,19,20,21);1H. The summed E-state index contributed by atoms with van der Waals surface area (Å²) in [4.78, 5) is 4.67. The van der Waals surface area contributed by atoms with Crippen molar-refractivity contribution in [3.63, 3.8) is 0 Å². The number of rotatable bonds is 10. The van der Waals surface area contributed by atoms with E-state index in [1.807, 2.05) is 37.2 Å². The van der Waals surface area contributed by atoms with Gasteiger partial charge in [-0.25, -0.2) is 4.99 Å². The Morgan fingerprint density at radius 3 is 2.43 bits per heavy atom. The van der Waals surface area contributed by atoms with Crippen molar-refractivity contribution in [3.8, 4) is 0 Å². The average Bonchev–Trinajstić information content (AvgIpc) is 3.13. The molecule has 0 saturated carbocycles. The molecule has 2 rings (SSSR count). The van der Waals surface area contributed by atoms with Gasteiger partial charge < -0.3 is 15.2 Å². The number of hydrogen-bond acceptors (Lipinski definition) is 5. The molecule has 0 fully saturated rings. The lowest BCUT2D eigenvalue weighted by Crippen LogP contribution is -2.39. The van der Waals surface area contributed by atoms with Crippen LogP contribution in [-0.2, 0) is 20.1 Å². The molecule has 2 aromatic rings. The molecule has 0 bridgehead atoms. The number of aliphatic imine (C=N–C) groups is 1. The van der Waals surface area contributed by atoms with Gasteiger partial charge in [-0.15, -0.1) is 34.2 Å². The predicted molar refractivity (Wildman–Crippen MR) is 128 cm³/mol. The number of guanidine groups is 1. The van der Waals surface area contributed by atoms with Gasteiger partial charge in [-0.2, -0.15) is 16.9 Å². The fourth-order valence-corrected chi connectivity index (χ4v) is 3.11. The van der Waals surface area contributed by atoms with Crippen LogP contribution in [-0.4, -0.2) is 55.6 Å². The minimum Gasteiger partial charge on any atom is -0.356 e. The Morgan fingerprint density at radius 2 is 1.86 bits per heavy atom. The van der Waals surface area contributed by atoms with Gasteiger partial charge in [0.15, 0.2) is 11.8 Å². The highest BCUT2D eigenvalue weighted by molar-refractivity contribution is 14.0. The van der Waals surface area contributed by atoms with Crippen LogP contribution in [0.4, 0.5) is 0 Å². The lowest BCUT2D eigenvalue weighted by atomic mass is 10.4. The first-order valence-electron chi connectivity index (χ1n) is 9.38. The van der Waals surface area contributed by atoms with Gasteiger partial charge in [0.2, 0.25) is 0 Å². The fraction of sp³-hybridized carbons (Fsp3) is 0.667. The van der Waals surface area contributed by atoms with E-state index in [1.165, 1.54) is 5.69 Å². The van der Waals surface area contributed by atoms with Gasteiger partial charge in [0.25, 0.3) is 0 Å². The van der Waals surface area contributed by atoms with E-state index >= 15 is 0 Å². The first kappa shape index (κ1) is 24.7. The van der Waals surface area contributed by atoms with Crippen LogP contribution in [0.3, 0.4) is 0 Å². The van der Waals surface area contributed by atoms with Gasteiger partial charge in [0.1, 0.15) is 12.4 Å². The highest BCUT2D eigenvalue weighted by atomic mass is 127. The van der Waals surface area contributed by atoms with E-state index in [0.29, 0.717) is 6.54 Å². The minimum absolute atomic E-state index is 0. The average molecular weight is 520 g/mol. The lowest BCUT2D eigenvalue weighted by molar-refractivity contribution is 0.554. The summed E-state index contributed by atoms with van der Waals surface area (Å²) in [5.41, 5.74) is 2.27. The van der Waals surface area contributed by atoms with Crippen molar-refractivity contribution in [1.29, 1.82) is 0 Å². The van der Waals surface area contributed by atoms with E-state index in [-0.39, 0.29) is 24.0 Å². The molecule has 0 atom stereocenters. The van der Waals surface area contributed by atoms with Crippen LogP contribution in [0, 0.1) is 20.8 Å². The first-order chi connectivity index (χ1) is 13.0. The van der Waals surface area contributed by atoms with Crippen LogP contribution in [0.2, 0.25) is 0 Å². The molecule has 158 valence electrons. The number of nitrogens with zero attached hydrogens (tertiary/aromatic N) is 6. The largest absolute Gasteiger partial charge is 0.356 e. The molecular weight excluding hydrogens is 487 g/mol. The van der Waals surface area contributed by atoms with Gasteiger partial charge in [0.05, 0.1) is 5.69 Å². The molecule has 0 aliphatic heterocycles. The zero-order valence-corrected chi connectivity index (χ0v) is 20.7. The topological polar surface area (TPSA) is 85.0 Å². The molecule has 10 heteroatoms. The fourth-order valence-electron chi connectivity index (χ4n) is 2.67. The SMILES string of the molecule is CSCCCNC(=NCc1nnc(C)n1C)NCCCn1nc(C)cc1C.I. The Balaban J connectivity index is 0.00000392. The summed E-state index contributed by atoms with van der Waals surface area (Å²) >= 11 is 1.86. The molecule has 28 heavy (non-hydrogen) atoms. The van der Waals surface area contributed by atoms with Crippen molar-refractivity contribution in [2.45, 2.75) is 46.7 Å². The molecule has 0 saturated heterocycles. The van der Waals surface area contributed by atoms with E-state index in [0.717, 1.165) is 61.5 Å². The number of aryl methyl sites for hydroxylation is 4. The number of halogens is 1. The summed E-state index contributed by atoms with van der Waals surface area (Å²) in [6, 6.07) is 2.11. The molecule has 2 aromatic heterocycles. The van der Waals surface area contributed by atoms with E-state index in [1.54, 1.807) is 0 Å². The highest BCUT2D eigenvalue weighted by Gasteiger charge is 2.05. The smallest absolute Gasteiger partial charge is 0.191 e. The van der Waals surface area contributed by atoms with Crippen molar-refractivity contribution in [2.24, 2.45) is 12.0 Å². The van der Waals surface area contributed by atoms with Crippen LogP contribution < -0.4 is 10.6 Å². The molecule has 0 radical (unpaired) electrons. The van der Waals surface area contributed by atoms with E-state index < -0.39 is 0 Å². The Labute approximate surface area is 189 Å². The van der Waals surface area contributed by atoms with Crippen molar-refractivity contribution < 1.29 is 0 Å². The molecule has 2 N–H and O–H groups in total. The second-order valence-electron chi connectivity index (χ2n) is 6.59.